The van der Waals surface area contributed by atoms with Crippen molar-refractivity contribution >= 4 is 0 Å². The van der Waals surface area contributed by atoms with Crippen LogP contribution in [0.2, 0.25) is 0 Å². The third-order valence-corrected chi connectivity index (χ3v) is 2.34. The summed E-state index contributed by atoms with van der Waals surface area (Å²) in [5, 5.41) is 4.01. The standard InChI is InChI=1S/C12H21N3O4/c1-17-7-8-18-6-4-15-12(16)9-11(10-14-15)19-5-2-3-13/h9-10H,2-8,13H2,1H3. The van der Waals surface area contributed by atoms with Gasteiger partial charge in [-0.05, 0) is 13.0 Å². The average Bonchev–Trinajstić information content (AvgIpc) is 2.41. The summed E-state index contributed by atoms with van der Waals surface area (Å²) in [5.41, 5.74) is 5.14. The van der Waals surface area contributed by atoms with E-state index in [1.165, 1.54) is 16.9 Å². The van der Waals surface area contributed by atoms with Crippen LogP contribution in [0.3, 0.4) is 0 Å². The van der Waals surface area contributed by atoms with E-state index < -0.39 is 0 Å². The molecule has 0 aliphatic carbocycles. The number of nitrogens with zero attached hydrogens (tertiary/aromatic N) is 2. The second-order valence-corrected chi connectivity index (χ2v) is 3.85. The van der Waals surface area contributed by atoms with E-state index in [-0.39, 0.29) is 5.56 Å². The van der Waals surface area contributed by atoms with Crippen LogP contribution < -0.4 is 16.0 Å². The van der Waals surface area contributed by atoms with Crippen LogP contribution in [0, 0.1) is 0 Å². The summed E-state index contributed by atoms with van der Waals surface area (Å²) < 4.78 is 16.8. The van der Waals surface area contributed by atoms with Crippen molar-refractivity contribution in [3.8, 4) is 5.75 Å². The first-order chi connectivity index (χ1) is 9.27. The van der Waals surface area contributed by atoms with E-state index in [1.807, 2.05) is 0 Å². The maximum absolute atomic E-state index is 11.7. The summed E-state index contributed by atoms with van der Waals surface area (Å²) in [6, 6.07) is 1.42. The van der Waals surface area contributed by atoms with Gasteiger partial charge in [-0.25, -0.2) is 4.68 Å². The lowest BCUT2D eigenvalue weighted by atomic mass is 10.4. The molecule has 1 aromatic heterocycles. The summed E-state index contributed by atoms with van der Waals surface area (Å²) in [6.45, 7) is 2.92. The number of hydrogen-bond donors (Lipinski definition) is 1. The van der Waals surface area contributed by atoms with Gasteiger partial charge < -0.3 is 19.9 Å². The molecule has 7 nitrogen and oxygen atoms in total. The third kappa shape index (κ3) is 6.32. The number of nitrogens with two attached hydrogens (primary N) is 1. The second-order valence-electron chi connectivity index (χ2n) is 3.85. The highest BCUT2D eigenvalue weighted by Gasteiger charge is 2.01. The molecule has 0 aliphatic heterocycles. The van der Waals surface area contributed by atoms with Crippen molar-refractivity contribution in [3.63, 3.8) is 0 Å². The molecule has 0 bridgehead atoms. The highest BCUT2D eigenvalue weighted by molar-refractivity contribution is 5.13. The Kier molecular flexibility index (Phi) is 7.80. The largest absolute Gasteiger partial charge is 0.492 e. The minimum atomic E-state index is -0.208. The van der Waals surface area contributed by atoms with Crippen LogP contribution >= 0.6 is 0 Å². The molecule has 0 spiro atoms. The molecule has 1 heterocycles. The van der Waals surface area contributed by atoms with E-state index in [0.29, 0.717) is 45.3 Å². The first kappa shape index (κ1) is 15.6. The Bertz CT molecular complexity index is 408. The summed E-state index contributed by atoms with van der Waals surface area (Å²) >= 11 is 0. The molecule has 0 saturated heterocycles. The highest BCUT2D eigenvalue weighted by Crippen LogP contribution is 2.03. The lowest BCUT2D eigenvalue weighted by Crippen LogP contribution is -2.24. The predicted octanol–water partition coefficient (Wildman–Crippen LogP) is -0.366. The molecule has 2 N–H and O–H groups in total. The molecular formula is C12H21N3O4. The molecule has 0 atom stereocenters. The van der Waals surface area contributed by atoms with Gasteiger partial charge in [0.2, 0.25) is 0 Å². The zero-order valence-corrected chi connectivity index (χ0v) is 11.2. The number of ether oxygens (including phenoxy) is 3. The summed E-state index contributed by atoms with van der Waals surface area (Å²) in [4.78, 5) is 11.7. The highest BCUT2D eigenvalue weighted by atomic mass is 16.5. The number of hydrogen-bond acceptors (Lipinski definition) is 6. The molecule has 19 heavy (non-hydrogen) atoms. The van der Waals surface area contributed by atoms with Gasteiger partial charge in [0.1, 0.15) is 5.75 Å². The fourth-order valence-electron chi connectivity index (χ4n) is 1.33. The van der Waals surface area contributed by atoms with E-state index in [0.717, 1.165) is 6.42 Å². The van der Waals surface area contributed by atoms with Crippen LogP contribution in [-0.4, -0.2) is 49.9 Å². The van der Waals surface area contributed by atoms with E-state index in [1.54, 1.807) is 7.11 Å². The number of methoxy groups -OCH3 is 1. The van der Waals surface area contributed by atoms with Crippen LogP contribution in [0.15, 0.2) is 17.1 Å². The van der Waals surface area contributed by atoms with Gasteiger partial charge in [0.25, 0.3) is 5.56 Å². The van der Waals surface area contributed by atoms with Gasteiger partial charge in [-0.15, -0.1) is 0 Å². The topological polar surface area (TPSA) is 88.6 Å². The molecular weight excluding hydrogens is 250 g/mol. The average molecular weight is 271 g/mol. The molecule has 7 heteroatoms. The predicted molar refractivity (Wildman–Crippen MR) is 70.4 cm³/mol. The molecule has 1 rings (SSSR count). The Morgan fingerprint density at radius 3 is 2.84 bits per heavy atom. The molecule has 0 amide bonds. The van der Waals surface area contributed by atoms with Gasteiger partial charge in [0.15, 0.2) is 0 Å². The Balaban J connectivity index is 2.37. The fourth-order valence-corrected chi connectivity index (χ4v) is 1.33. The van der Waals surface area contributed by atoms with Gasteiger partial charge >= 0.3 is 0 Å². The minimum absolute atomic E-state index is 0.208. The number of rotatable bonds is 10. The Morgan fingerprint density at radius 2 is 2.16 bits per heavy atom. The third-order valence-electron chi connectivity index (χ3n) is 2.34. The molecule has 0 unspecified atom stereocenters. The van der Waals surface area contributed by atoms with Crippen LogP contribution in [-0.2, 0) is 16.0 Å². The smallest absolute Gasteiger partial charge is 0.270 e. The summed E-state index contributed by atoms with van der Waals surface area (Å²) in [6.07, 6.45) is 2.27. The molecule has 0 fully saturated rings. The lowest BCUT2D eigenvalue weighted by Gasteiger charge is -2.07. The van der Waals surface area contributed by atoms with Crippen molar-refractivity contribution in [1.82, 2.24) is 9.78 Å². The van der Waals surface area contributed by atoms with Crippen LogP contribution in [0.4, 0.5) is 0 Å². The second kappa shape index (κ2) is 9.48. The summed E-state index contributed by atoms with van der Waals surface area (Å²) in [5.74, 6) is 0.468. The van der Waals surface area contributed by atoms with Crippen LogP contribution in [0.25, 0.3) is 0 Å². The first-order valence-electron chi connectivity index (χ1n) is 6.24. The van der Waals surface area contributed by atoms with Gasteiger partial charge in [0.05, 0.1) is 39.2 Å². The normalized spacial score (nSPS) is 10.6. The van der Waals surface area contributed by atoms with E-state index in [4.69, 9.17) is 19.9 Å². The van der Waals surface area contributed by atoms with Gasteiger partial charge in [-0.2, -0.15) is 5.10 Å². The van der Waals surface area contributed by atoms with E-state index >= 15 is 0 Å². The first-order valence-corrected chi connectivity index (χ1v) is 6.24. The van der Waals surface area contributed by atoms with Gasteiger partial charge in [-0.1, -0.05) is 0 Å². The molecule has 1 aromatic rings. The zero-order chi connectivity index (χ0) is 13.9. The van der Waals surface area contributed by atoms with Crippen molar-refractivity contribution in [1.29, 1.82) is 0 Å². The molecule has 0 aromatic carbocycles. The van der Waals surface area contributed by atoms with Gasteiger partial charge in [0, 0.05) is 13.2 Å². The van der Waals surface area contributed by atoms with Crippen molar-refractivity contribution in [3.05, 3.63) is 22.6 Å². The zero-order valence-electron chi connectivity index (χ0n) is 11.2. The molecule has 0 radical (unpaired) electrons. The Morgan fingerprint density at radius 1 is 1.32 bits per heavy atom. The quantitative estimate of drug-likeness (QED) is 0.584. The Labute approximate surface area is 112 Å². The SMILES string of the molecule is COCCOCCn1ncc(OCCCN)cc1=O. The maximum atomic E-state index is 11.7. The van der Waals surface area contributed by atoms with Gasteiger partial charge in [-0.3, -0.25) is 4.79 Å². The lowest BCUT2D eigenvalue weighted by molar-refractivity contribution is 0.0648. The minimum Gasteiger partial charge on any atom is -0.492 e. The maximum Gasteiger partial charge on any atom is 0.270 e. The van der Waals surface area contributed by atoms with E-state index in [9.17, 15) is 4.79 Å². The van der Waals surface area contributed by atoms with Crippen molar-refractivity contribution in [2.45, 2.75) is 13.0 Å². The fraction of sp³-hybridized carbons (Fsp3) is 0.667. The van der Waals surface area contributed by atoms with Crippen LogP contribution in [0.5, 0.6) is 5.75 Å². The van der Waals surface area contributed by atoms with Crippen LogP contribution in [0.1, 0.15) is 6.42 Å². The van der Waals surface area contributed by atoms with Crippen molar-refractivity contribution < 1.29 is 14.2 Å². The van der Waals surface area contributed by atoms with Crippen molar-refractivity contribution in [2.75, 3.05) is 40.1 Å². The Hall–Kier alpha value is -1.44. The van der Waals surface area contributed by atoms with Crippen molar-refractivity contribution in [2.24, 2.45) is 5.73 Å². The van der Waals surface area contributed by atoms with E-state index in [2.05, 4.69) is 5.10 Å². The molecule has 108 valence electrons. The summed E-state index contributed by atoms with van der Waals surface area (Å²) in [7, 11) is 1.61. The molecule has 0 aliphatic rings. The number of aromatic nitrogens is 2. The molecule has 0 saturated carbocycles. The monoisotopic (exact) mass is 271 g/mol.